The smallest absolute Gasteiger partial charge is 0.328 e. The number of alkyl halides is 3. The number of nitrogens with zero attached hydrogens (tertiary/aromatic N) is 3. The standard InChI is InChI=1S/C19H15F3N4O2/c20-19(21,22)15-8-7-11(10-23-15)18(28)26-9-3-6-14(26)16-24-13-5-2-1-4-12(13)17(27)25-16/h1-2,4-5,7-8,10,14H,3,6,9H2,(H,24,25,27). The Hall–Kier alpha value is -3.23. The van der Waals surface area contributed by atoms with Crippen LogP contribution in [0.2, 0.25) is 0 Å². The highest BCUT2D eigenvalue weighted by atomic mass is 19.4. The zero-order valence-electron chi connectivity index (χ0n) is 14.5. The van der Waals surface area contributed by atoms with Crippen LogP contribution in [0.3, 0.4) is 0 Å². The van der Waals surface area contributed by atoms with Gasteiger partial charge in [-0.15, -0.1) is 0 Å². The second kappa shape index (κ2) is 6.74. The number of fused-ring (bicyclic) bond motifs is 1. The first-order chi connectivity index (χ1) is 13.3. The van der Waals surface area contributed by atoms with E-state index < -0.39 is 23.8 Å². The maximum Gasteiger partial charge on any atom is 0.433 e. The lowest BCUT2D eigenvalue weighted by Crippen LogP contribution is -2.32. The molecule has 0 spiro atoms. The fourth-order valence-electron chi connectivity index (χ4n) is 3.41. The van der Waals surface area contributed by atoms with Crippen molar-refractivity contribution in [2.24, 2.45) is 0 Å². The van der Waals surface area contributed by atoms with Gasteiger partial charge in [-0.3, -0.25) is 14.6 Å². The van der Waals surface area contributed by atoms with Gasteiger partial charge in [-0.25, -0.2) is 4.98 Å². The van der Waals surface area contributed by atoms with E-state index in [0.717, 1.165) is 18.3 Å². The Morgan fingerprint density at radius 3 is 2.68 bits per heavy atom. The third-order valence-electron chi connectivity index (χ3n) is 4.76. The lowest BCUT2D eigenvalue weighted by Gasteiger charge is -2.24. The predicted molar refractivity (Wildman–Crippen MR) is 94.6 cm³/mol. The lowest BCUT2D eigenvalue weighted by molar-refractivity contribution is -0.141. The molecule has 1 aromatic carbocycles. The first-order valence-corrected chi connectivity index (χ1v) is 8.68. The number of aromatic nitrogens is 3. The van der Waals surface area contributed by atoms with Gasteiger partial charge in [-0.05, 0) is 37.1 Å². The average Bonchev–Trinajstić information content (AvgIpc) is 3.17. The third-order valence-corrected chi connectivity index (χ3v) is 4.76. The van der Waals surface area contributed by atoms with Gasteiger partial charge in [0.05, 0.1) is 22.5 Å². The van der Waals surface area contributed by atoms with E-state index in [1.165, 1.54) is 4.90 Å². The number of para-hydroxylation sites is 1. The highest BCUT2D eigenvalue weighted by molar-refractivity contribution is 5.94. The molecule has 28 heavy (non-hydrogen) atoms. The van der Waals surface area contributed by atoms with Gasteiger partial charge in [0, 0.05) is 12.7 Å². The second-order valence-electron chi connectivity index (χ2n) is 6.55. The Kier molecular flexibility index (Phi) is 4.37. The van der Waals surface area contributed by atoms with E-state index in [0.29, 0.717) is 36.1 Å². The second-order valence-corrected chi connectivity index (χ2v) is 6.55. The van der Waals surface area contributed by atoms with Crippen LogP contribution >= 0.6 is 0 Å². The average molecular weight is 388 g/mol. The zero-order chi connectivity index (χ0) is 19.9. The van der Waals surface area contributed by atoms with Crippen molar-refractivity contribution in [3.05, 3.63) is 70.0 Å². The van der Waals surface area contributed by atoms with E-state index in [1.807, 2.05) is 0 Å². The van der Waals surface area contributed by atoms with Crippen LogP contribution in [-0.4, -0.2) is 32.3 Å². The number of H-pyrrole nitrogens is 1. The Morgan fingerprint density at radius 1 is 1.18 bits per heavy atom. The van der Waals surface area contributed by atoms with Gasteiger partial charge in [0.25, 0.3) is 11.5 Å². The van der Waals surface area contributed by atoms with Crippen molar-refractivity contribution in [2.75, 3.05) is 6.54 Å². The number of hydrogen-bond acceptors (Lipinski definition) is 4. The molecule has 1 aliphatic rings. The molecule has 0 saturated carbocycles. The molecule has 2 aromatic heterocycles. The number of carbonyl (C=O) groups is 1. The molecule has 1 unspecified atom stereocenters. The Morgan fingerprint density at radius 2 is 1.96 bits per heavy atom. The van der Waals surface area contributed by atoms with Gasteiger partial charge < -0.3 is 9.88 Å². The predicted octanol–water partition coefficient (Wildman–Crippen LogP) is 3.31. The van der Waals surface area contributed by atoms with E-state index in [-0.39, 0.29) is 11.1 Å². The minimum atomic E-state index is -4.56. The quantitative estimate of drug-likeness (QED) is 0.731. The largest absolute Gasteiger partial charge is 0.433 e. The number of aromatic amines is 1. The molecule has 0 radical (unpaired) electrons. The van der Waals surface area contributed by atoms with Gasteiger partial charge >= 0.3 is 6.18 Å². The van der Waals surface area contributed by atoms with Crippen LogP contribution in [0.1, 0.15) is 40.8 Å². The van der Waals surface area contributed by atoms with E-state index in [1.54, 1.807) is 24.3 Å². The van der Waals surface area contributed by atoms with Crippen LogP contribution in [-0.2, 0) is 6.18 Å². The summed E-state index contributed by atoms with van der Waals surface area (Å²) in [7, 11) is 0. The molecule has 1 fully saturated rings. The highest BCUT2D eigenvalue weighted by Gasteiger charge is 2.35. The molecule has 1 amide bonds. The fourth-order valence-corrected chi connectivity index (χ4v) is 3.41. The number of likely N-dealkylation sites (tertiary alicyclic amines) is 1. The van der Waals surface area contributed by atoms with Crippen LogP contribution in [0.25, 0.3) is 10.9 Å². The van der Waals surface area contributed by atoms with Crippen molar-refractivity contribution in [2.45, 2.75) is 25.1 Å². The van der Waals surface area contributed by atoms with E-state index in [4.69, 9.17) is 0 Å². The number of halogens is 3. The third kappa shape index (κ3) is 3.23. The minimum absolute atomic E-state index is 0.0584. The molecule has 0 bridgehead atoms. The molecule has 1 aliphatic heterocycles. The number of nitrogens with one attached hydrogen (secondary N) is 1. The fraction of sp³-hybridized carbons (Fsp3) is 0.263. The summed E-state index contributed by atoms with van der Waals surface area (Å²) >= 11 is 0. The molecule has 1 atom stereocenters. The van der Waals surface area contributed by atoms with Gasteiger partial charge in [0.15, 0.2) is 0 Å². The molecule has 9 heteroatoms. The normalized spacial score (nSPS) is 17.2. The van der Waals surface area contributed by atoms with Crippen molar-refractivity contribution in [3.8, 4) is 0 Å². The summed E-state index contributed by atoms with van der Waals surface area (Å²) in [5.41, 5.74) is -0.765. The number of rotatable bonds is 2. The van der Waals surface area contributed by atoms with E-state index in [2.05, 4.69) is 15.0 Å². The number of carbonyl (C=O) groups excluding carboxylic acids is 1. The van der Waals surface area contributed by atoms with Gasteiger partial charge in [0.2, 0.25) is 0 Å². The lowest BCUT2D eigenvalue weighted by atomic mass is 10.1. The van der Waals surface area contributed by atoms with Crippen molar-refractivity contribution in [1.29, 1.82) is 0 Å². The van der Waals surface area contributed by atoms with Crippen molar-refractivity contribution in [1.82, 2.24) is 19.9 Å². The molecule has 4 rings (SSSR count). The summed E-state index contributed by atoms with van der Waals surface area (Å²) in [5.74, 6) is -0.0750. The summed E-state index contributed by atoms with van der Waals surface area (Å²) in [6, 6.07) is 8.34. The van der Waals surface area contributed by atoms with E-state index in [9.17, 15) is 22.8 Å². The van der Waals surface area contributed by atoms with Gasteiger partial charge in [-0.1, -0.05) is 12.1 Å². The SMILES string of the molecule is O=C(c1ccc(C(F)(F)F)nc1)N1CCCC1c1nc2ccccc2c(=O)[nH]1. The molecule has 1 saturated heterocycles. The highest BCUT2D eigenvalue weighted by Crippen LogP contribution is 2.32. The van der Waals surface area contributed by atoms with E-state index >= 15 is 0 Å². The van der Waals surface area contributed by atoms with Crippen LogP contribution < -0.4 is 5.56 Å². The Balaban J connectivity index is 1.65. The van der Waals surface area contributed by atoms with Crippen molar-refractivity contribution in [3.63, 3.8) is 0 Å². The van der Waals surface area contributed by atoms with Gasteiger partial charge in [-0.2, -0.15) is 13.2 Å². The van der Waals surface area contributed by atoms with Crippen LogP contribution in [0.4, 0.5) is 13.2 Å². The topological polar surface area (TPSA) is 79.0 Å². The monoisotopic (exact) mass is 388 g/mol. The number of benzene rings is 1. The first-order valence-electron chi connectivity index (χ1n) is 8.68. The summed E-state index contributed by atoms with van der Waals surface area (Å²) in [4.78, 5) is 37.2. The number of hydrogen-bond donors (Lipinski definition) is 1. The summed E-state index contributed by atoms with van der Waals surface area (Å²) < 4.78 is 38.0. The van der Waals surface area contributed by atoms with Crippen molar-refractivity contribution >= 4 is 16.8 Å². The number of pyridine rings is 1. The van der Waals surface area contributed by atoms with Crippen LogP contribution in [0, 0.1) is 0 Å². The maximum atomic E-state index is 12.8. The first kappa shape index (κ1) is 18.1. The molecule has 3 heterocycles. The Bertz CT molecular complexity index is 1090. The Labute approximate surface area is 157 Å². The summed E-state index contributed by atoms with van der Waals surface area (Å²) in [6.45, 7) is 0.418. The molecule has 1 N–H and O–H groups in total. The molecular formula is C19H15F3N4O2. The number of amides is 1. The molecule has 6 nitrogen and oxygen atoms in total. The molecular weight excluding hydrogens is 373 g/mol. The summed E-state index contributed by atoms with van der Waals surface area (Å²) in [6.07, 6.45) is -2.34. The van der Waals surface area contributed by atoms with Crippen LogP contribution in [0.15, 0.2) is 47.4 Å². The van der Waals surface area contributed by atoms with Crippen LogP contribution in [0.5, 0.6) is 0 Å². The van der Waals surface area contributed by atoms with Gasteiger partial charge in [0.1, 0.15) is 11.5 Å². The van der Waals surface area contributed by atoms with Crippen molar-refractivity contribution < 1.29 is 18.0 Å². The maximum absolute atomic E-state index is 12.8. The molecule has 144 valence electrons. The summed E-state index contributed by atoms with van der Waals surface area (Å²) in [5, 5.41) is 0.453. The zero-order valence-corrected chi connectivity index (χ0v) is 14.5. The minimum Gasteiger partial charge on any atom is -0.328 e. The molecule has 0 aliphatic carbocycles. The molecule has 3 aromatic rings.